The number of methoxy groups -OCH3 is 1. The molecule has 0 saturated carbocycles. The Kier molecular flexibility index (Phi) is 4.14. The number of carbonyl (C=O) groups excluding carboxylic acids is 2. The van der Waals surface area contributed by atoms with Crippen molar-refractivity contribution in [3.63, 3.8) is 0 Å². The maximum Gasteiger partial charge on any atom is 0.331 e. The number of carbonyl (C=O) groups is 2. The van der Waals surface area contributed by atoms with Crippen LogP contribution in [0, 0.1) is 0 Å². The zero-order chi connectivity index (χ0) is 16.2. The average molecular weight is 312 g/mol. The largest absolute Gasteiger partial charge is 0.495 e. The second kappa shape index (κ2) is 6.39. The number of benzene rings is 2. The summed E-state index contributed by atoms with van der Waals surface area (Å²) in [5.74, 6) is 0.431. The van der Waals surface area contributed by atoms with Gasteiger partial charge < -0.3 is 19.7 Å². The fraction of sp³-hybridized carbons (Fsp3) is 0.176. The van der Waals surface area contributed by atoms with E-state index >= 15 is 0 Å². The van der Waals surface area contributed by atoms with Crippen LogP contribution >= 0.6 is 0 Å². The second-order valence-corrected chi connectivity index (χ2v) is 5.05. The molecule has 0 radical (unpaired) electrons. The van der Waals surface area contributed by atoms with E-state index in [0.29, 0.717) is 17.2 Å². The predicted octanol–water partition coefficient (Wildman–Crippen LogP) is 2.06. The van der Waals surface area contributed by atoms with E-state index in [9.17, 15) is 9.59 Å². The molecule has 2 aromatic rings. The van der Waals surface area contributed by atoms with E-state index in [0.717, 1.165) is 5.69 Å². The van der Waals surface area contributed by atoms with Crippen molar-refractivity contribution in [3.05, 3.63) is 48.5 Å². The van der Waals surface area contributed by atoms with Crippen molar-refractivity contribution in [3.8, 4) is 11.5 Å². The molecule has 1 amide bonds. The van der Waals surface area contributed by atoms with Gasteiger partial charge in [0.1, 0.15) is 12.3 Å². The number of amides is 1. The molecule has 6 heteroatoms. The first kappa shape index (κ1) is 14.9. The van der Waals surface area contributed by atoms with Crippen molar-refractivity contribution in [1.82, 2.24) is 0 Å². The fourth-order valence-corrected chi connectivity index (χ4v) is 2.45. The number of anilines is 2. The van der Waals surface area contributed by atoms with Crippen molar-refractivity contribution in [2.45, 2.75) is 0 Å². The van der Waals surface area contributed by atoms with Gasteiger partial charge in [0, 0.05) is 0 Å². The lowest BCUT2D eigenvalue weighted by atomic mass is 10.2. The van der Waals surface area contributed by atoms with Gasteiger partial charge in [-0.2, -0.15) is 0 Å². The average Bonchev–Trinajstić information content (AvgIpc) is 2.55. The monoisotopic (exact) mass is 312 g/mol. The molecular weight excluding hydrogens is 296 g/mol. The summed E-state index contributed by atoms with van der Waals surface area (Å²) >= 11 is 0. The summed E-state index contributed by atoms with van der Waals surface area (Å²) in [6.07, 6.45) is 0. The number of esters is 1. The van der Waals surface area contributed by atoms with E-state index in [1.807, 2.05) is 24.3 Å². The molecule has 1 heterocycles. The summed E-state index contributed by atoms with van der Waals surface area (Å²) < 4.78 is 10.4. The molecule has 2 aromatic carbocycles. The van der Waals surface area contributed by atoms with E-state index in [4.69, 9.17) is 9.47 Å². The number of hydrogen-bond acceptors (Lipinski definition) is 5. The highest BCUT2D eigenvalue weighted by Crippen LogP contribution is 2.31. The molecule has 1 aliphatic heterocycles. The molecular formula is C17H16N2O4. The summed E-state index contributed by atoms with van der Waals surface area (Å²) in [6.45, 7) is 0.0838. The molecule has 0 unspecified atom stereocenters. The minimum absolute atomic E-state index is 0.0381. The van der Waals surface area contributed by atoms with Crippen LogP contribution in [0.15, 0.2) is 48.5 Å². The molecule has 0 saturated heterocycles. The summed E-state index contributed by atoms with van der Waals surface area (Å²) in [5.41, 5.74) is 1.31. The van der Waals surface area contributed by atoms with Crippen LogP contribution < -0.4 is 19.7 Å². The molecule has 23 heavy (non-hydrogen) atoms. The standard InChI is InChI=1S/C17H16N2O4/c1-22-14-8-4-2-6-12(14)18-16(20)10-19-11-17(21)23-15-9-5-3-7-13(15)19/h2-9H,10-11H2,1H3,(H,18,20). The lowest BCUT2D eigenvalue weighted by molar-refractivity contribution is -0.133. The number of para-hydroxylation sites is 4. The first-order valence-corrected chi connectivity index (χ1v) is 7.15. The Morgan fingerprint density at radius 1 is 1.22 bits per heavy atom. The molecule has 0 atom stereocenters. The van der Waals surface area contributed by atoms with Gasteiger partial charge >= 0.3 is 5.97 Å². The minimum Gasteiger partial charge on any atom is -0.495 e. The summed E-state index contributed by atoms with van der Waals surface area (Å²) in [6, 6.07) is 14.3. The van der Waals surface area contributed by atoms with Crippen LogP contribution in [0.1, 0.15) is 0 Å². The van der Waals surface area contributed by atoms with E-state index in [-0.39, 0.29) is 25.0 Å². The third kappa shape index (κ3) is 3.26. The highest BCUT2D eigenvalue weighted by atomic mass is 16.5. The molecule has 0 spiro atoms. The number of rotatable bonds is 4. The molecule has 3 rings (SSSR count). The highest BCUT2D eigenvalue weighted by molar-refractivity contribution is 5.97. The highest BCUT2D eigenvalue weighted by Gasteiger charge is 2.25. The molecule has 118 valence electrons. The molecule has 1 N–H and O–H groups in total. The topological polar surface area (TPSA) is 67.9 Å². The van der Waals surface area contributed by atoms with Crippen LogP contribution in [0.3, 0.4) is 0 Å². The molecule has 0 bridgehead atoms. The maximum atomic E-state index is 12.3. The van der Waals surface area contributed by atoms with Gasteiger partial charge in [-0.05, 0) is 24.3 Å². The quantitative estimate of drug-likeness (QED) is 0.691. The fourth-order valence-electron chi connectivity index (χ4n) is 2.45. The number of nitrogens with zero attached hydrogens (tertiary/aromatic N) is 1. The predicted molar refractivity (Wildman–Crippen MR) is 85.9 cm³/mol. The van der Waals surface area contributed by atoms with Gasteiger partial charge in [0.25, 0.3) is 0 Å². The van der Waals surface area contributed by atoms with Crippen molar-refractivity contribution < 1.29 is 19.1 Å². The molecule has 0 aliphatic carbocycles. The van der Waals surface area contributed by atoms with Gasteiger partial charge in [-0.25, -0.2) is 4.79 Å². The Bertz CT molecular complexity index is 745. The summed E-state index contributed by atoms with van der Waals surface area (Å²) in [5, 5.41) is 2.80. The number of ether oxygens (including phenoxy) is 2. The lowest BCUT2D eigenvalue weighted by Crippen LogP contribution is -2.41. The van der Waals surface area contributed by atoms with E-state index in [1.54, 1.807) is 36.3 Å². The minimum atomic E-state index is -0.381. The third-order valence-corrected chi connectivity index (χ3v) is 3.47. The second-order valence-electron chi connectivity index (χ2n) is 5.05. The normalized spacial score (nSPS) is 13.1. The van der Waals surface area contributed by atoms with Gasteiger partial charge in [0.05, 0.1) is 25.0 Å². The third-order valence-electron chi connectivity index (χ3n) is 3.47. The van der Waals surface area contributed by atoms with Crippen LogP contribution in [0.4, 0.5) is 11.4 Å². The Morgan fingerprint density at radius 2 is 1.96 bits per heavy atom. The Labute approximate surface area is 133 Å². The van der Waals surface area contributed by atoms with Crippen molar-refractivity contribution in [1.29, 1.82) is 0 Å². The van der Waals surface area contributed by atoms with Gasteiger partial charge in [0.15, 0.2) is 5.75 Å². The van der Waals surface area contributed by atoms with Crippen LogP contribution in [0.2, 0.25) is 0 Å². The SMILES string of the molecule is COc1ccccc1NC(=O)CN1CC(=O)Oc2ccccc21. The van der Waals surface area contributed by atoms with Crippen molar-refractivity contribution >= 4 is 23.3 Å². The number of fused-ring (bicyclic) bond motifs is 1. The van der Waals surface area contributed by atoms with E-state index in [1.165, 1.54) is 0 Å². The van der Waals surface area contributed by atoms with Gasteiger partial charge in [-0.15, -0.1) is 0 Å². The smallest absolute Gasteiger partial charge is 0.331 e. The molecule has 0 fully saturated rings. The van der Waals surface area contributed by atoms with Gasteiger partial charge in [-0.1, -0.05) is 24.3 Å². The summed E-state index contributed by atoms with van der Waals surface area (Å²) in [7, 11) is 1.54. The van der Waals surface area contributed by atoms with Gasteiger partial charge in [-0.3, -0.25) is 4.79 Å². The molecule has 1 aliphatic rings. The lowest BCUT2D eigenvalue weighted by Gasteiger charge is -2.29. The number of hydrogen-bond donors (Lipinski definition) is 1. The van der Waals surface area contributed by atoms with E-state index in [2.05, 4.69) is 5.32 Å². The van der Waals surface area contributed by atoms with Crippen LogP contribution in [0.25, 0.3) is 0 Å². The molecule has 6 nitrogen and oxygen atoms in total. The first-order chi connectivity index (χ1) is 11.2. The van der Waals surface area contributed by atoms with Crippen LogP contribution in [0.5, 0.6) is 11.5 Å². The summed E-state index contributed by atoms with van der Waals surface area (Å²) in [4.78, 5) is 25.7. The molecule has 0 aromatic heterocycles. The van der Waals surface area contributed by atoms with Gasteiger partial charge in [0.2, 0.25) is 5.91 Å². The first-order valence-electron chi connectivity index (χ1n) is 7.15. The van der Waals surface area contributed by atoms with Crippen molar-refractivity contribution in [2.24, 2.45) is 0 Å². The Morgan fingerprint density at radius 3 is 2.78 bits per heavy atom. The van der Waals surface area contributed by atoms with E-state index < -0.39 is 0 Å². The number of nitrogens with one attached hydrogen (secondary N) is 1. The van der Waals surface area contributed by atoms with Crippen molar-refractivity contribution in [2.75, 3.05) is 30.4 Å². The Balaban J connectivity index is 1.74. The zero-order valence-corrected chi connectivity index (χ0v) is 12.6. The Hall–Kier alpha value is -3.02. The van der Waals surface area contributed by atoms with Crippen LogP contribution in [-0.4, -0.2) is 32.1 Å². The zero-order valence-electron chi connectivity index (χ0n) is 12.6. The van der Waals surface area contributed by atoms with Crippen LogP contribution in [-0.2, 0) is 9.59 Å². The maximum absolute atomic E-state index is 12.3.